The van der Waals surface area contributed by atoms with Crippen molar-refractivity contribution in [2.75, 3.05) is 10.6 Å². The number of aromatic nitrogens is 2. The summed E-state index contributed by atoms with van der Waals surface area (Å²) in [5.74, 6) is -2.46. The summed E-state index contributed by atoms with van der Waals surface area (Å²) in [6, 6.07) is 7.91. The number of rotatable bonds is 5. The molecule has 3 rings (SSSR count). The van der Waals surface area contributed by atoms with Gasteiger partial charge < -0.3 is 5.32 Å². The Morgan fingerprint density at radius 3 is 2.54 bits per heavy atom. The number of benzene rings is 2. The van der Waals surface area contributed by atoms with Gasteiger partial charge in [0.05, 0.1) is 15.6 Å². The quantitative estimate of drug-likeness (QED) is 0.617. The molecular weight excluding hydrogens is 405 g/mol. The maximum Gasteiger partial charge on any atom is 0.260 e. The van der Waals surface area contributed by atoms with E-state index in [1.54, 1.807) is 12.1 Å². The van der Waals surface area contributed by atoms with Crippen LogP contribution >= 0.6 is 34.5 Å². The summed E-state index contributed by atoms with van der Waals surface area (Å²) in [6.07, 6.45) is 0. The maximum absolute atomic E-state index is 13.6. The fourth-order valence-electron chi connectivity index (χ4n) is 2.01. The van der Waals surface area contributed by atoms with Crippen molar-refractivity contribution in [2.45, 2.75) is 6.54 Å². The molecule has 2 aromatic carbocycles. The SMILES string of the molecule is O=C(Nc1nnc(NCc2ccc(Cl)c(Cl)c2)s1)c1ccc(F)cc1F. The second-order valence-electron chi connectivity index (χ2n) is 5.09. The zero-order valence-electron chi connectivity index (χ0n) is 12.9. The van der Waals surface area contributed by atoms with Gasteiger partial charge >= 0.3 is 0 Å². The minimum absolute atomic E-state index is 0.176. The van der Waals surface area contributed by atoms with Gasteiger partial charge in [-0.1, -0.05) is 40.6 Å². The summed E-state index contributed by atoms with van der Waals surface area (Å²) in [5, 5.41) is 14.7. The third kappa shape index (κ3) is 4.46. The van der Waals surface area contributed by atoms with Gasteiger partial charge in [0.1, 0.15) is 11.6 Å². The van der Waals surface area contributed by atoms with Crippen molar-refractivity contribution in [3.63, 3.8) is 0 Å². The molecule has 1 heterocycles. The van der Waals surface area contributed by atoms with Crippen LogP contribution in [0.4, 0.5) is 19.0 Å². The molecule has 0 saturated heterocycles. The molecule has 0 aliphatic heterocycles. The van der Waals surface area contributed by atoms with Crippen LogP contribution in [0, 0.1) is 11.6 Å². The average Bonchev–Trinajstić information content (AvgIpc) is 3.03. The molecule has 0 atom stereocenters. The van der Waals surface area contributed by atoms with Crippen LogP contribution in [0.5, 0.6) is 0 Å². The van der Waals surface area contributed by atoms with Gasteiger partial charge in [0.25, 0.3) is 5.91 Å². The summed E-state index contributed by atoms with van der Waals surface area (Å²) in [4.78, 5) is 12.0. The standard InChI is InChI=1S/C16H10Cl2F2N4OS/c17-11-4-1-8(5-12(11)18)7-21-15-23-24-16(26-15)22-14(25)10-3-2-9(19)6-13(10)20/h1-6H,7H2,(H,21,23)(H,22,24,25). The van der Waals surface area contributed by atoms with Crippen LogP contribution in [0.3, 0.4) is 0 Å². The Bertz CT molecular complexity index is 967. The van der Waals surface area contributed by atoms with Gasteiger partial charge in [-0.2, -0.15) is 0 Å². The van der Waals surface area contributed by atoms with Crippen LogP contribution in [-0.4, -0.2) is 16.1 Å². The predicted octanol–water partition coefficient (Wildman–Crippen LogP) is 4.99. The zero-order chi connectivity index (χ0) is 18.7. The molecule has 1 amide bonds. The summed E-state index contributed by atoms with van der Waals surface area (Å²) >= 11 is 12.9. The van der Waals surface area contributed by atoms with E-state index in [1.807, 2.05) is 6.07 Å². The molecule has 0 spiro atoms. The van der Waals surface area contributed by atoms with Crippen molar-refractivity contribution in [3.8, 4) is 0 Å². The summed E-state index contributed by atoms with van der Waals surface area (Å²) in [7, 11) is 0. The molecule has 0 aliphatic rings. The summed E-state index contributed by atoms with van der Waals surface area (Å²) < 4.78 is 26.5. The van der Waals surface area contributed by atoms with Crippen LogP contribution in [0.25, 0.3) is 0 Å². The van der Waals surface area contributed by atoms with E-state index in [1.165, 1.54) is 0 Å². The Hall–Kier alpha value is -2.29. The first-order chi connectivity index (χ1) is 12.4. The van der Waals surface area contributed by atoms with Crippen molar-refractivity contribution in [3.05, 3.63) is 69.2 Å². The lowest BCUT2D eigenvalue weighted by Crippen LogP contribution is -2.13. The van der Waals surface area contributed by atoms with E-state index in [0.29, 0.717) is 27.8 Å². The van der Waals surface area contributed by atoms with Crippen molar-refractivity contribution in [1.82, 2.24) is 10.2 Å². The monoisotopic (exact) mass is 414 g/mol. The molecule has 0 unspecified atom stereocenters. The smallest absolute Gasteiger partial charge is 0.260 e. The Morgan fingerprint density at radius 1 is 1.04 bits per heavy atom. The van der Waals surface area contributed by atoms with Crippen LogP contribution in [-0.2, 0) is 6.54 Å². The molecule has 5 nitrogen and oxygen atoms in total. The molecule has 0 radical (unpaired) electrons. The highest BCUT2D eigenvalue weighted by molar-refractivity contribution is 7.19. The molecule has 26 heavy (non-hydrogen) atoms. The Labute approximate surface area is 161 Å². The molecule has 0 fully saturated rings. The van der Waals surface area contributed by atoms with E-state index in [-0.39, 0.29) is 10.7 Å². The lowest BCUT2D eigenvalue weighted by Gasteiger charge is -2.04. The number of nitrogens with one attached hydrogen (secondary N) is 2. The predicted molar refractivity (Wildman–Crippen MR) is 98.0 cm³/mol. The van der Waals surface area contributed by atoms with Crippen molar-refractivity contribution in [1.29, 1.82) is 0 Å². The van der Waals surface area contributed by atoms with E-state index in [9.17, 15) is 13.6 Å². The average molecular weight is 415 g/mol. The van der Waals surface area contributed by atoms with E-state index in [0.717, 1.165) is 29.0 Å². The van der Waals surface area contributed by atoms with Crippen molar-refractivity contribution in [2.24, 2.45) is 0 Å². The Kier molecular flexibility index (Phi) is 5.65. The number of carbonyl (C=O) groups is 1. The van der Waals surface area contributed by atoms with Gasteiger partial charge in [-0.05, 0) is 29.8 Å². The van der Waals surface area contributed by atoms with Gasteiger partial charge in [-0.3, -0.25) is 10.1 Å². The first kappa shape index (κ1) is 18.5. The van der Waals surface area contributed by atoms with Crippen LogP contribution in [0.15, 0.2) is 36.4 Å². The highest BCUT2D eigenvalue weighted by Gasteiger charge is 2.15. The summed E-state index contributed by atoms with van der Waals surface area (Å²) in [6.45, 7) is 0.423. The maximum atomic E-state index is 13.6. The molecule has 1 aromatic heterocycles. The van der Waals surface area contributed by atoms with Gasteiger partial charge in [0.2, 0.25) is 10.3 Å². The third-order valence-electron chi connectivity index (χ3n) is 3.25. The number of halogens is 4. The molecule has 2 N–H and O–H groups in total. The molecule has 0 aliphatic carbocycles. The van der Waals surface area contributed by atoms with Gasteiger partial charge in [-0.15, -0.1) is 10.2 Å². The highest BCUT2D eigenvalue weighted by atomic mass is 35.5. The normalized spacial score (nSPS) is 10.6. The molecule has 0 bridgehead atoms. The molecule has 10 heteroatoms. The highest BCUT2D eigenvalue weighted by Crippen LogP contribution is 2.25. The Morgan fingerprint density at radius 2 is 1.81 bits per heavy atom. The topological polar surface area (TPSA) is 66.9 Å². The van der Waals surface area contributed by atoms with E-state index in [4.69, 9.17) is 23.2 Å². The number of anilines is 2. The fourth-order valence-corrected chi connectivity index (χ4v) is 2.97. The van der Waals surface area contributed by atoms with E-state index < -0.39 is 17.5 Å². The van der Waals surface area contributed by atoms with Gasteiger partial charge in [-0.25, -0.2) is 8.78 Å². The Balaban J connectivity index is 1.62. The second kappa shape index (κ2) is 7.94. The van der Waals surface area contributed by atoms with E-state index in [2.05, 4.69) is 20.8 Å². The number of nitrogens with zero attached hydrogens (tertiary/aromatic N) is 2. The first-order valence-corrected chi connectivity index (χ1v) is 8.77. The van der Waals surface area contributed by atoms with Crippen LogP contribution < -0.4 is 10.6 Å². The van der Waals surface area contributed by atoms with Crippen LogP contribution in [0.1, 0.15) is 15.9 Å². The van der Waals surface area contributed by atoms with Gasteiger partial charge in [0, 0.05) is 12.6 Å². The van der Waals surface area contributed by atoms with Gasteiger partial charge in [0.15, 0.2) is 0 Å². The van der Waals surface area contributed by atoms with Crippen molar-refractivity contribution < 1.29 is 13.6 Å². The molecule has 3 aromatic rings. The largest absolute Gasteiger partial charge is 0.356 e. The number of hydrogen-bond donors (Lipinski definition) is 2. The minimum Gasteiger partial charge on any atom is -0.356 e. The van der Waals surface area contributed by atoms with E-state index >= 15 is 0 Å². The second-order valence-corrected chi connectivity index (χ2v) is 6.88. The zero-order valence-corrected chi connectivity index (χ0v) is 15.2. The lowest BCUT2D eigenvalue weighted by molar-refractivity contribution is 0.102. The summed E-state index contributed by atoms with van der Waals surface area (Å²) in [5.41, 5.74) is 0.598. The molecular formula is C16H10Cl2F2N4OS. The van der Waals surface area contributed by atoms with Crippen molar-refractivity contribution >= 4 is 50.7 Å². The number of amides is 1. The number of carbonyl (C=O) groups excluding carboxylic acids is 1. The van der Waals surface area contributed by atoms with Crippen LogP contribution in [0.2, 0.25) is 10.0 Å². The number of hydrogen-bond acceptors (Lipinski definition) is 5. The first-order valence-electron chi connectivity index (χ1n) is 7.20. The third-order valence-corrected chi connectivity index (χ3v) is 4.78. The molecule has 0 saturated carbocycles. The fraction of sp³-hybridized carbons (Fsp3) is 0.0625. The minimum atomic E-state index is -0.954. The lowest BCUT2D eigenvalue weighted by atomic mass is 10.2. The molecule has 134 valence electrons.